The average molecular weight is 409 g/mol. The van der Waals surface area contributed by atoms with Crippen LogP contribution in [0.3, 0.4) is 0 Å². The first kappa shape index (κ1) is 20.3. The van der Waals surface area contributed by atoms with Crippen molar-refractivity contribution in [1.82, 2.24) is 25.5 Å². The Balaban J connectivity index is 1.54. The van der Waals surface area contributed by atoms with E-state index in [1.165, 1.54) is 6.39 Å². The van der Waals surface area contributed by atoms with Gasteiger partial charge < -0.3 is 19.7 Å². The fraction of sp³-hybridized carbons (Fsp3) is 0.455. The van der Waals surface area contributed by atoms with Crippen molar-refractivity contribution in [2.24, 2.45) is 0 Å². The molecule has 0 saturated carbocycles. The second-order valence-electron chi connectivity index (χ2n) is 9.31. The predicted octanol–water partition coefficient (Wildman–Crippen LogP) is 3.64. The summed E-state index contributed by atoms with van der Waals surface area (Å²) in [6.45, 7) is 8.90. The summed E-state index contributed by atoms with van der Waals surface area (Å²) in [6, 6.07) is 5.55. The number of benzene rings is 1. The Labute approximate surface area is 176 Å². The number of nitrogens with zero attached hydrogens (tertiary/aromatic N) is 5. The fourth-order valence-electron chi connectivity index (χ4n) is 4.52. The molecule has 8 nitrogen and oxygen atoms in total. The number of phenols is 1. The van der Waals surface area contributed by atoms with Gasteiger partial charge in [-0.05, 0) is 52.7 Å². The van der Waals surface area contributed by atoms with Crippen LogP contribution in [-0.2, 0) is 0 Å². The Hall–Kier alpha value is -3.00. The van der Waals surface area contributed by atoms with Gasteiger partial charge in [-0.25, -0.2) is 9.97 Å². The smallest absolute Gasteiger partial charge is 0.245 e. The third-order valence-corrected chi connectivity index (χ3v) is 5.57. The van der Waals surface area contributed by atoms with E-state index in [9.17, 15) is 5.11 Å². The lowest BCUT2D eigenvalue weighted by Crippen LogP contribution is -2.62. The van der Waals surface area contributed by atoms with Gasteiger partial charge in [-0.15, -0.1) is 10.2 Å². The summed E-state index contributed by atoms with van der Waals surface area (Å²) in [5.74, 6) is 1.25. The van der Waals surface area contributed by atoms with Crippen LogP contribution in [0.15, 0.2) is 41.4 Å². The maximum atomic E-state index is 10.5. The SMILES string of the molecule is CN(c1ncc(-c2ccc(-c3cnco3)cc2O)nn1)C1CC(C)(C)NC(C)(C)C1. The highest BCUT2D eigenvalue weighted by atomic mass is 16.3. The molecule has 0 atom stereocenters. The zero-order valence-corrected chi connectivity index (χ0v) is 18.0. The molecule has 4 rings (SSSR count). The van der Waals surface area contributed by atoms with Crippen molar-refractivity contribution in [3.05, 3.63) is 37.0 Å². The van der Waals surface area contributed by atoms with E-state index < -0.39 is 0 Å². The molecule has 1 saturated heterocycles. The molecule has 0 bridgehead atoms. The second kappa shape index (κ2) is 7.36. The van der Waals surface area contributed by atoms with E-state index in [1.54, 1.807) is 24.5 Å². The van der Waals surface area contributed by atoms with Crippen LogP contribution in [0.25, 0.3) is 22.6 Å². The topological polar surface area (TPSA) is 100 Å². The molecule has 2 aromatic heterocycles. The van der Waals surface area contributed by atoms with Gasteiger partial charge in [0.2, 0.25) is 5.95 Å². The Morgan fingerprint density at radius 3 is 2.40 bits per heavy atom. The van der Waals surface area contributed by atoms with Crippen molar-refractivity contribution >= 4 is 5.95 Å². The number of oxazole rings is 1. The maximum absolute atomic E-state index is 10.5. The first-order chi connectivity index (χ1) is 14.1. The lowest BCUT2D eigenvalue weighted by atomic mass is 9.79. The molecule has 1 aromatic carbocycles. The van der Waals surface area contributed by atoms with Crippen LogP contribution in [-0.4, -0.2) is 49.4 Å². The minimum absolute atomic E-state index is 0.0328. The zero-order chi connectivity index (χ0) is 21.5. The molecule has 0 radical (unpaired) electrons. The molecule has 1 aliphatic rings. The van der Waals surface area contributed by atoms with Crippen LogP contribution in [0, 0.1) is 0 Å². The number of aromatic hydroxyl groups is 1. The fourth-order valence-corrected chi connectivity index (χ4v) is 4.52. The average Bonchev–Trinajstić information content (AvgIpc) is 3.20. The lowest BCUT2D eigenvalue weighted by Gasteiger charge is -2.48. The van der Waals surface area contributed by atoms with Gasteiger partial charge in [0.25, 0.3) is 0 Å². The van der Waals surface area contributed by atoms with Gasteiger partial charge in [0, 0.05) is 35.3 Å². The molecule has 0 aliphatic carbocycles. The van der Waals surface area contributed by atoms with E-state index in [2.05, 4.69) is 58.1 Å². The van der Waals surface area contributed by atoms with E-state index in [4.69, 9.17) is 4.42 Å². The molecule has 3 aromatic rings. The van der Waals surface area contributed by atoms with Crippen molar-refractivity contribution in [2.75, 3.05) is 11.9 Å². The molecule has 8 heteroatoms. The molecule has 0 amide bonds. The Morgan fingerprint density at radius 2 is 1.83 bits per heavy atom. The number of piperidine rings is 1. The molecule has 1 fully saturated rings. The van der Waals surface area contributed by atoms with Crippen molar-refractivity contribution in [3.63, 3.8) is 0 Å². The number of rotatable bonds is 4. The molecule has 158 valence electrons. The van der Waals surface area contributed by atoms with Gasteiger partial charge in [0.15, 0.2) is 12.2 Å². The summed E-state index contributed by atoms with van der Waals surface area (Å²) < 4.78 is 5.28. The Bertz CT molecular complexity index is 999. The summed E-state index contributed by atoms with van der Waals surface area (Å²) in [7, 11) is 2.02. The third-order valence-electron chi connectivity index (χ3n) is 5.57. The van der Waals surface area contributed by atoms with Gasteiger partial charge >= 0.3 is 0 Å². The lowest BCUT2D eigenvalue weighted by molar-refractivity contribution is 0.160. The highest BCUT2D eigenvalue weighted by Crippen LogP contribution is 2.34. The number of hydrogen-bond donors (Lipinski definition) is 2. The standard InChI is InChI=1S/C22H28N6O2/c1-21(2)9-15(10-22(3,4)27-21)28(5)20-24-11-17(25-26-20)16-7-6-14(8-18(16)29)19-12-23-13-30-19/h6-8,11-13,15,27,29H,9-10H2,1-5H3. The second-order valence-corrected chi connectivity index (χ2v) is 9.31. The third kappa shape index (κ3) is 4.14. The summed E-state index contributed by atoms with van der Waals surface area (Å²) in [5.41, 5.74) is 1.88. The van der Waals surface area contributed by atoms with Crippen LogP contribution in [0.4, 0.5) is 5.95 Å². The molecule has 30 heavy (non-hydrogen) atoms. The largest absolute Gasteiger partial charge is 0.507 e. The number of anilines is 1. The Kier molecular flexibility index (Phi) is 4.97. The van der Waals surface area contributed by atoms with E-state index in [-0.39, 0.29) is 16.8 Å². The minimum atomic E-state index is 0.0328. The van der Waals surface area contributed by atoms with Crippen LogP contribution in [0.1, 0.15) is 40.5 Å². The number of phenolic OH excluding ortho intramolecular Hbond substituents is 1. The first-order valence-corrected chi connectivity index (χ1v) is 10.1. The van der Waals surface area contributed by atoms with Gasteiger partial charge in [0.1, 0.15) is 11.4 Å². The quantitative estimate of drug-likeness (QED) is 0.675. The van der Waals surface area contributed by atoms with Gasteiger partial charge in [-0.1, -0.05) is 6.07 Å². The van der Waals surface area contributed by atoms with Crippen molar-refractivity contribution in [3.8, 4) is 28.3 Å². The highest BCUT2D eigenvalue weighted by Gasteiger charge is 2.39. The van der Waals surface area contributed by atoms with E-state index in [0.717, 1.165) is 18.4 Å². The number of nitrogens with one attached hydrogen (secondary N) is 1. The number of hydrogen-bond acceptors (Lipinski definition) is 8. The van der Waals surface area contributed by atoms with Crippen LogP contribution >= 0.6 is 0 Å². The first-order valence-electron chi connectivity index (χ1n) is 10.1. The van der Waals surface area contributed by atoms with Gasteiger partial charge in [-0.3, -0.25) is 0 Å². The predicted molar refractivity (Wildman–Crippen MR) is 115 cm³/mol. The molecular formula is C22H28N6O2. The normalized spacial score (nSPS) is 18.3. The summed E-state index contributed by atoms with van der Waals surface area (Å²) in [4.78, 5) is 10.5. The molecular weight excluding hydrogens is 380 g/mol. The van der Waals surface area contributed by atoms with E-state index in [1.807, 2.05) is 13.1 Å². The molecule has 3 heterocycles. The molecule has 2 N–H and O–H groups in total. The molecule has 0 spiro atoms. The summed E-state index contributed by atoms with van der Waals surface area (Å²) >= 11 is 0. The van der Waals surface area contributed by atoms with Gasteiger partial charge in [0.05, 0.1) is 12.4 Å². The zero-order valence-electron chi connectivity index (χ0n) is 18.0. The van der Waals surface area contributed by atoms with Crippen LogP contribution in [0.5, 0.6) is 5.75 Å². The molecule has 0 unspecified atom stereocenters. The van der Waals surface area contributed by atoms with Crippen LogP contribution in [0.2, 0.25) is 0 Å². The monoisotopic (exact) mass is 408 g/mol. The van der Waals surface area contributed by atoms with Gasteiger partial charge in [-0.2, -0.15) is 0 Å². The highest BCUT2D eigenvalue weighted by molar-refractivity contribution is 5.71. The Morgan fingerprint density at radius 1 is 1.10 bits per heavy atom. The van der Waals surface area contributed by atoms with Crippen LogP contribution < -0.4 is 10.2 Å². The van der Waals surface area contributed by atoms with E-state index >= 15 is 0 Å². The van der Waals surface area contributed by atoms with Crippen molar-refractivity contribution in [1.29, 1.82) is 0 Å². The maximum Gasteiger partial charge on any atom is 0.245 e. The minimum Gasteiger partial charge on any atom is -0.507 e. The van der Waals surface area contributed by atoms with E-state index in [0.29, 0.717) is 29.0 Å². The van der Waals surface area contributed by atoms with Crippen molar-refractivity contribution in [2.45, 2.75) is 57.7 Å². The summed E-state index contributed by atoms with van der Waals surface area (Å²) in [6.07, 6.45) is 6.59. The number of aromatic nitrogens is 4. The van der Waals surface area contributed by atoms with Crippen molar-refractivity contribution < 1.29 is 9.52 Å². The molecule has 1 aliphatic heterocycles. The summed E-state index contributed by atoms with van der Waals surface area (Å²) in [5, 5.41) is 22.8.